The second kappa shape index (κ2) is 11.4. The van der Waals surface area contributed by atoms with Gasteiger partial charge in [0.2, 0.25) is 0 Å². The number of aryl methyl sites for hydroxylation is 1. The second-order valence-corrected chi connectivity index (χ2v) is 6.63. The quantitative estimate of drug-likeness (QED) is 0.481. The molecule has 0 amide bonds. The van der Waals surface area contributed by atoms with E-state index in [1.807, 2.05) is 13.0 Å². The minimum absolute atomic E-state index is 0.532. The van der Waals surface area contributed by atoms with Gasteiger partial charge in [-0.05, 0) is 44.0 Å². The van der Waals surface area contributed by atoms with E-state index < -0.39 is 0 Å². The van der Waals surface area contributed by atoms with Crippen LogP contribution >= 0.6 is 0 Å². The fourth-order valence-electron chi connectivity index (χ4n) is 3.07. The molecule has 0 saturated carbocycles. The maximum atomic E-state index is 10.7. The van der Waals surface area contributed by atoms with Crippen LogP contribution in [0.3, 0.4) is 0 Å². The highest BCUT2D eigenvalue weighted by Crippen LogP contribution is 2.34. The average molecular weight is 371 g/mol. The molecule has 1 aromatic heterocycles. The summed E-state index contributed by atoms with van der Waals surface area (Å²) < 4.78 is 7.70. The van der Waals surface area contributed by atoms with Gasteiger partial charge in [-0.2, -0.15) is 0 Å². The molecule has 0 aliphatic heterocycles. The highest BCUT2D eigenvalue weighted by Gasteiger charge is 2.16. The summed E-state index contributed by atoms with van der Waals surface area (Å²) in [5.41, 5.74) is 9.02. The molecule has 1 heterocycles. The maximum absolute atomic E-state index is 10.7. The van der Waals surface area contributed by atoms with Gasteiger partial charge < -0.3 is 19.8 Å². The van der Waals surface area contributed by atoms with Crippen molar-refractivity contribution in [3.63, 3.8) is 0 Å². The lowest BCUT2D eigenvalue weighted by atomic mass is 10.0. The third-order valence-corrected chi connectivity index (χ3v) is 4.65. The number of methoxy groups -OCH3 is 1. The molecule has 0 radical (unpaired) electrons. The largest absolute Gasteiger partial charge is 0.497 e. The minimum atomic E-state index is 0.532. The van der Waals surface area contributed by atoms with Crippen molar-refractivity contribution in [1.29, 1.82) is 0 Å². The van der Waals surface area contributed by atoms with E-state index in [1.54, 1.807) is 7.11 Å². The van der Waals surface area contributed by atoms with Crippen LogP contribution in [0.4, 0.5) is 0 Å². The molecule has 1 aromatic carbocycles. The maximum Gasteiger partial charge on any atom is 0.120 e. The Morgan fingerprint density at radius 1 is 1.37 bits per heavy atom. The van der Waals surface area contributed by atoms with Gasteiger partial charge in [0.05, 0.1) is 18.3 Å². The van der Waals surface area contributed by atoms with Crippen LogP contribution in [-0.4, -0.2) is 25.0 Å². The Labute approximate surface area is 163 Å². The molecule has 2 rings (SSSR count). The van der Waals surface area contributed by atoms with Crippen molar-refractivity contribution in [3.05, 3.63) is 42.1 Å². The molecule has 2 N–H and O–H groups in total. The van der Waals surface area contributed by atoms with Crippen LogP contribution in [0.1, 0.15) is 51.3 Å². The van der Waals surface area contributed by atoms with Gasteiger partial charge in [0, 0.05) is 30.0 Å². The van der Waals surface area contributed by atoms with Gasteiger partial charge in [0.25, 0.3) is 0 Å². The van der Waals surface area contributed by atoms with Crippen molar-refractivity contribution in [2.45, 2.75) is 46.6 Å². The van der Waals surface area contributed by atoms with Crippen LogP contribution < -0.4 is 10.5 Å². The van der Waals surface area contributed by atoms with Crippen LogP contribution in [0.5, 0.6) is 5.75 Å². The van der Waals surface area contributed by atoms with Crippen molar-refractivity contribution in [1.82, 2.24) is 4.57 Å². The van der Waals surface area contributed by atoms with E-state index in [-0.39, 0.29) is 0 Å². The first-order chi connectivity index (χ1) is 13.0. The molecule has 148 valence electrons. The van der Waals surface area contributed by atoms with Crippen LogP contribution in [-0.2, 0) is 11.3 Å². The summed E-state index contributed by atoms with van der Waals surface area (Å²) in [4.78, 5) is 10.7. The zero-order valence-electron chi connectivity index (χ0n) is 17.4. The fourth-order valence-corrected chi connectivity index (χ4v) is 3.07. The molecule has 2 aromatic rings. The highest BCUT2D eigenvalue weighted by atomic mass is 16.5. The Morgan fingerprint density at radius 2 is 2.07 bits per heavy atom. The summed E-state index contributed by atoms with van der Waals surface area (Å²) >= 11 is 0. The Morgan fingerprint density at radius 3 is 2.63 bits per heavy atom. The van der Waals surface area contributed by atoms with Gasteiger partial charge >= 0.3 is 0 Å². The lowest BCUT2D eigenvalue weighted by Gasteiger charge is -2.11. The summed E-state index contributed by atoms with van der Waals surface area (Å²) in [7, 11) is 3.18. The van der Waals surface area contributed by atoms with Crippen LogP contribution in [0.25, 0.3) is 22.6 Å². The van der Waals surface area contributed by atoms with E-state index in [0.29, 0.717) is 12.3 Å². The standard InChI is InChI=1S/C22H29NO2.CH5N/c1-6-17(4)9-11-20-19-12-10-18(25-5)15-21(19)23(13-7-8-14-24)22(20)16(2)3;1-2/h9-12,14-15,17H,2,6-8,13H2,1,3-5H3;2H2,1H3/b11-9-;. The van der Waals surface area contributed by atoms with Gasteiger partial charge in [0.15, 0.2) is 0 Å². The molecular formula is C23H34N2O2. The van der Waals surface area contributed by atoms with Gasteiger partial charge in [-0.15, -0.1) is 0 Å². The average Bonchev–Trinajstić information content (AvgIpc) is 3.00. The number of nitrogens with two attached hydrogens (primary N) is 1. The molecule has 1 unspecified atom stereocenters. The van der Waals surface area contributed by atoms with Crippen LogP contribution in [0.15, 0.2) is 30.9 Å². The van der Waals surface area contributed by atoms with Crippen LogP contribution in [0, 0.1) is 5.92 Å². The van der Waals surface area contributed by atoms with E-state index in [2.05, 4.69) is 55.0 Å². The monoisotopic (exact) mass is 370 g/mol. The van der Waals surface area contributed by atoms with Gasteiger partial charge in [-0.3, -0.25) is 0 Å². The number of aromatic nitrogens is 1. The Bertz CT molecular complexity index is 787. The van der Waals surface area contributed by atoms with Crippen molar-refractivity contribution in [2.24, 2.45) is 11.7 Å². The number of allylic oxidation sites excluding steroid dienone is 2. The number of fused-ring (bicyclic) bond motifs is 1. The number of rotatable bonds is 9. The molecule has 0 saturated heterocycles. The number of hydrogen-bond donors (Lipinski definition) is 1. The van der Waals surface area contributed by atoms with Gasteiger partial charge in [0.1, 0.15) is 12.0 Å². The van der Waals surface area contributed by atoms with E-state index in [1.165, 1.54) is 18.0 Å². The molecule has 1 atom stereocenters. The van der Waals surface area contributed by atoms with E-state index >= 15 is 0 Å². The summed E-state index contributed by atoms with van der Waals surface area (Å²) in [6, 6.07) is 6.19. The zero-order valence-corrected chi connectivity index (χ0v) is 17.4. The number of carbonyl (C=O) groups excluding carboxylic acids is 1. The number of aldehydes is 1. The Balaban J connectivity index is 0.00000176. The molecule has 0 aliphatic carbocycles. The van der Waals surface area contributed by atoms with E-state index in [0.717, 1.165) is 48.2 Å². The number of nitrogens with zero attached hydrogens (tertiary/aromatic N) is 1. The van der Waals surface area contributed by atoms with Gasteiger partial charge in [-0.1, -0.05) is 39.0 Å². The van der Waals surface area contributed by atoms with E-state index in [4.69, 9.17) is 4.74 Å². The third-order valence-electron chi connectivity index (χ3n) is 4.65. The molecule has 4 heteroatoms. The summed E-state index contributed by atoms with van der Waals surface area (Å²) in [5, 5.41) is 1.20. The fraction of sp³-hybridized carbons (Fsp3) is 0.435. The number of benzene rings is 1. The summed E-state index contributed by atoms with van der Waals surface area (Å²) in [5.74, 6) is 1.37. The van der Waals surface area contributed by atoms with Crippen molar-refractivity contribution >= 4 is 28.8 Å². The number of carbonyl (C=O) groups is 1. The SMILES string of the molecule is C=C(C)c1c(/C=C\C(C)CC)c2ccc(OC)cc2n1CCCC=O.CN. The first-order valence-electron chi connectivity index (χ1n) is 9.59. The third kappa shape index (κ3) is 5.57. The molecular weight excluding hydrogens is 336 g/mol. The number of unbranched alkanes of at least 4 members (excludes halogenated alkanes) is 1. The topological polar surface area (TPSA) is 57.2 Å². The number of ether oxygens (including phenoxy) is 1. The zero-order chi connectivity index (χ0) is 20.4. The molecule has 27 heavy (non-hydrogen) atoms. The van der Waals surface area contributed by atoms with Crippen molar-refractivity contribution < 1.29 is 9.53 Å². The van der Waals surface area contributed by atoms with Crippen LogP contribution in [0.2, 0.25) is 0 Å². The summed E-state index contributed by atoms with van der Waals surface area (Å²) in [6.07, 6.45) is 7.97. The second-order valence-electron chi connectivity index (χ2n) is 6.63. The molecule has 0 bridgehead atoms. The van der Waals surface area contributed by atoms with Crippen molar-refractivity contribution in [2.75, 3.05) is 14.2 Å². The van der Waals surface area contributed by atoms with Crippen molar-refractivity contribution in [3.8, 4) is 5.75 Å². The first kappa shape index (κ1) is 22.7. The predicted octanol–water partition coefficient (Wildman–Crippen LogP) is 5.30. The normalized spacial score (nSPS) is 11.9. The molecule has 4 nitrogen and oxygen atoms in total. The minimum Gasteiger partial charge on any atom is -0.497 e. The van der Waals surface area contributed by atoms with E-state index in [9.17, 15) is 4.79 Å². The Hall–Kier alpha value is -2.33. The Kier molecular flexibility index (Phi) is 9.59. The number of hydrogen-bond acceptors (Lipinski definition) is 3. The molecule has 0 spiro atoms. The smallest absolute Gasteiger partial charge is 0.120 e. The lowest BCUT2D eigenvalue weighted by Crippen LogP contribution is -2.03. The molecule has 0 aliphatic rings. The predicted molar refractivity (Wildman–Crippen MR) is 117 cm³/mol. The lowest BCUT2D eigenvalue weighted by molar-refractivity contribution is -0.107. The summed E-state index contributed by atoms with van der Waals surface area (Å²) in [6.45, 7) is 11.5. The molecule has 0 fully saturated rings. The highest BCUT2D eigenvalue weighted by molar-refractivity contribution is 5.96. The van der Waals surface area contributed by atoms with Gasteiger partial charge in [-0.25, -0.2) is 0 Å². The first-order valence-corrected chi connectivity index (χ1v) is 9.59.